The highest BCUT2D eigenvalue weighted by Crippen LogP contribution is 2.31. The number of amides is 2. The summed E-state index contributed by atoms with van der Waals surface area (Å²) in [6.07, 6.45) is 2.62. The van der Waals surface area contributed by atoms with Crippen LogP contribution in [0.25, 0.3) is 5.65 Å². The van der Waals surface area contributed by atoms with Gasteiger partial charge in [-0.05, 0) is 31.2 Å². The van der Waals surface area contributed by atoms with Crippen LogP contribution < -0.4 is 15.4 Å². The summed E-state index contributed by atoms with van der Waals surface area (Å²) >= 11 is 0. The smallest absolute Gasteiger partial charge is 0.256 e. The Morgan fingerprint density at radius 2 is 2.13 bits per heavy atom. The summed E-state index contributed by atoms with van der Waals surface area (Å²) in [5.74, 6) is -0.474. The lowest BCUT2D eigenvalue weighted by molar-refractivity contribution is -0.129. The van der Waals surface area contributed by atoms with E-state index in [0.29, 0.717) is 28.3 Å². The molecule has 1 aliphatic rings. The van der Waals surface area contributed by atoms with Gasteiger partial charge >= 0.3 is 0 Å². The third-order valence-corrected chi connectivity index (χ3v) is 4.75. The van der Waals surface area contributed by atoms with Crippen LogP contribution in [-0.2, 0) is 4.79 Å². The Kier molecular flexibility index (Phi) is 4.98. The molecule has 156 valence electrons. The fraction of sp³-hybridized carbons (Fsp3) is 0.300. The topological polar surface area (TPSA) is 101 Å². The second-order valence-electron chi connectivity index (χ2n) is 7.27. The number of likely N-dealkylation sites (N-methyl/N-ethyl adjacent to an activating group) is 1. The molecular weight excluding hydrogens is 391 g/mol. The third-order valence-electron chi connectivity index (χ3n) is 4.75. The van der Waals surface area contributed by atoms with Crippen molar-refractivity contribution in [3.05, 3.63) is 53.6 Å². The Morgan fingerprint density at radius 3 is 2.90 bits per heavy atom. The Hall–Kier alpha value is -3.69. The maximum atomic E-state index is 14.1. The molecule has 2 amide bonds. The van der Waals surface area contributed by atoms with E-state index in [2.05, 4.69) is 20.7 Å². The average Bonchev–Trinajstić information content (AvgIpc) is 3.14. The molecule has 1 aromatic carbocycles. The van der Waals surface area contributed by atoms with E-state index in [1.54, 1.807) is 33.3 Å². The number of benzene rings is 1. The molecule has 0 fully saturated rings. The number of hydrogen-bond acceptors (Lipinski definition) is 6. The van der Waals surface area contributed by atoms with Crippen molar-refractivity contribution in [3.63, 3.8) is 0 Å². The lowest BCUT2D eigenvalue weighted by atomic mass is 10.0. The quantitative estimate of drug-likeness (QED) is 0.630. The summed E-state index contributed by atoms with van der Waals surface area (Å²) in [6, 6.07) is 4.68. The van der Waals surface area contributed by atoms with Gasteiger partial charge < -0.3 is 20.3 Å². The molecule has 2 aromatic heterocycles. The minimum atomic E-state index is -0.955. The number of ether oxygens (including phenoxy) is 1. The first kappa shape index (κ1) is 19.6. The van der Waals surface area contributed by atoms with Gasteiger partial charge in [0.1, 0.15) is 35.1 Å². The Morgan fingerprint density at radius 1 is 1.33 bits per heavy atom. The predicted molar refractivity (Wildman–Crippen MR) is 107 cm³/mol. The number of hydrogen-bond donors (Lipinski definition) is 2. The molecule has 4 rings (SSSR count). The van der Waals surface area contributed by atoms with Crippen LogP contribution in [0.3, 0.4) is 0 Å². The van der Waals surface area contributed by atoms with E-state index in [4.69, 9.17) is 4.74 Å². The first-order valence-corrected chi connectivity index (χ1v) is 9.40. The molecule has 0 radical (unpaired) electrons. The summed E-state index contributed by atoms with van der Waals surface area (Å²) < 4.78 is 21.6. The largest absolute Gasteiger partial charge is 0.488 e. The number of carbonyl (C=O) groups is 2. The van der Waals surface area contributed by atoms with Crippen LogP contribution >= 0.6 is 0 Å². The molecule has 9 nitrogen and oxygen atoms in total. The molecule has 0 saturated heterocycles. The molecule has 0 aliphatic carbocycles. The molecule has 2 atom stereocenters. The molecular formula is C20H21FN6O3. The standard InChI is InChI=1S/C20H21FN6O3/c1-11-9-22-19(28)14-10-23-27-7-6-16(25-18(14)27)24-17(20(29)26(2)3)13-8-12(21)4-5-15(13)30-11/h4-8,10-11,17H,9H2,1-3H3,(H,22,28)(H,24,25)/t11-,17?/m0/s1. The van der Waals surface area contributed by atoms with Crippen molar-refractivity contribution in [1.82, 2.24) is 24.8 Å². The van der Waals surface area contributed by atoms with Crippen molar-refractivity contribution in [2.24, 2.45) is 0 Å². The predicted octanol–water partition coefficient (Wildman–Crippen LogP) is 1.62. The number of carbonyl (C=O) groups excluding carboxylic acids is 2. The molecule has 30 heavy (non-hydrogen) atoms. The van der Waals surface area contributed by atoms with E-state index in [-0.39, 0.29) is 18.4 Å². The molecule has 2 bridgehead atoms. The van der Waals surface area contributed by atoms with E-state index in [1.165, 1.54) is 33.8 Å². The van der Waals surface area contributed by atoms with Gasteiger partial charge in [-0.2, -0.15) is 5.10 Å². The van der Waals surface area contributed by atoms with Gasteiger partial charge in [-0.3, -0.25) is 9.59 Å². The van der Waals surface area contributed by atoms with Crippen molar-refractivity contribution in [1.29, 1.82) is 0 Å². The second kappa shape index (κ2) is 7.62. The fourth-order valence-corrected chi connectivity index (χ4v) is 3.23. The number of nitrogens with one attached hydrogen (secondary N) is 2. The minimum Gasteiger partial charge on any atom is -0.488 e. The van der Waals surface area contributed by atoms with Gasteiger partial charge in [0, 0.05) is 25.9 Å². The van der Waals surface area contributed by atoms with E-state index < -0.39 is 18.0 Å². The average molecular weight is 412 g/mol. The Balaban J connectivity index is 1.89. The number of fused-ring (bicyclic) bond motifs is 2. The third kappa shape index (κ3) is 3.63. The fourth-order valence-electron chi connectivity index (χ4n) is 3.23. The van der Waals surface area contributed by atoms with Crippen molar-refractivity contribution in [3.8, 4) is 5.75 Å². The molecule has 3 aromatic rings. The van der Waals surface area contributed by atoms with Crippen LogP contribution in [0.4, 0.5) is 10.2 Å². The first-order valence-electron chi connectivity index (χ1n) is 9.40. The van der Waals surface area contributed by atoms with Crippen molar-refractivity contribution >= 4 is 23.3 Å². The van der Waals surface area contributed by atoms with E-state index >= 15 is 0 Å². The van der Waals surface area contributed by atoms with Crippen LogP contribution in [0.1, 0.15) is 28.9 Å². The molecule has 10 heteroatoms. The highest BCUT2D eigenvalue weighted by Gasteiger charge is 2.28. The zero-order chi connectivity index (χ0) is 21.4. The first-order chi connectivity index (χ1) is 14.3. The number of anilines is 1. The van der Waals surface area contributed by atoms with E-state index in [1.807, 2.05) is 0 Å². The van der Waals surface area contributed by atoms with Crippen LogP contribution in [0.5, 0.6) is 5.75 Å². The zero-order valence-corrected chi connectivity index (χ0v) is 16.7. The van der Waals surface area contributed by atoms with Crippen LogP contribution in [0.15, 0.2) is 36.7 Å². The van der Waals surface area contributed by atoms with E-state index in [0.717, 1.165) is 0 Å². The molecule has 0 saturated carbocycles. The summed E-state index contributed by atoms with van der Waals surface area (Å²) in [4.78, 5) is 31.5. The van der Waals surface area contributed by atoms with Gasteiger partial charge in [0.2, 0.25) is 5.91 Å². The van der Waals surface area contributed by atoms with Crippen LogP contribution in [-0.4, -0.2) is 58.1 Å². The SMILES string of the molecule is C[C@H]1CNC(=O)c2cnn3ccc(nc23)NC(C(=O)N(C)C)c2cc(F)ccc2O1. The van der Waals surface area contributed by atoms with Crippen molar-refractivity contribution in [2.75, 3.05) is 26.0 Å². The number of rotatable bonds is 1. The monoisotopic (exact) mass is 412 g/mol. The summed E-state index contributed by atoms with van der Waals surface area (Å²) in [7, 11) is 3.23. The lowest BCUT2D eigenvalue weighted by Crippen LogP contribution is -2.35. The number of aromatic nitrogens is 3. The maximum Gasteiger partial charge on any atom is 0.256 e. The highest BCUT2D eigenvalue weighted by molar-refractivity contribution is 5.99. The summed E-state index contributed by atoms with van der Waals surface area (Å²) in [6.45, 7) is 1.97. The lowest BCUT2D eigenvalue weighted by Gasteiger charge is -2.25. The number of halogens is 1. The molecule has 3 heterocycles. The summed E-state index contributed by atoms with van der Waals surface area (Å²) in [5.41, 5.74) is 0.964. The Labute approximate surface area is 171 Å². The van der Waals surface area contributed by atoms with Crippen LogP contribution in [0, 0.1) is 5.82 Å². The molecule has 2 N–H and O–H groups in total. The zero-order valence-electron chi connectivity index (χ0n) is 16.7. The van der Waals surface area contributed by atoms with Gasteiger partial charge in [0.25, 0.3) is 5.91 Å². The minimum absolute atomic E-state index is 0.201. The maximum absolute atomic E-state index is 14.1. The molecule has 1 unspecified atom stereocenters. The van der Waals surface area contributed by atoms with Gasteiger partial charge in [-0.15, -0.1) is 0 Å². The van der Waals surface area contributed by atoms with Crippen LogP contribution in [0.2, 0.25) is 0 Å². The van der Waals surface area contributed by atoms with Crippen molar-refractivity contribution in [2.45, 2.75) is 19.1 Å². The van der Waals surface area contributed by atoms with Gasteiger partial charge in [-0.1, -0.05) is 0 Å². The van der Waals surface area contributed by atoms with Gasteiger partial charge in [-0.25, -0.2) is 13.9 Å². The van der Waals surface area contributed by atoms with Gasteiger partial charge in [0.15, 0.2) is 5.65 Å². The molecule has 0 spiro atoms. The van der Waals surface area contributed by atoms with E-state index in [9.17, 15) is 14.0 Å². The number of nitrogens with zero attached hydrogens (tertiary/aromatic N) is 4. The Bertz CT molecular complexity index is 1130. The van der Waals surface area contributed by atoms with Crippen molar-refractivity contribution < 1.29 is 18.7 Å². The van der Waals surface area contributed by atoms with Gasteiger partial charge in [0.05, 0.1) is 12.7 Å². The molecule has 1 aliphatic heterocycles. The highest BCUT2D eigenvalue weighted by atomic mass is 19.1. The second-order valence-corrected chi connectivity index (χ2v) is 7.27. The normalized spacial score (nSPS) is 18.9. The summed E-state index contributed by atoms with van der Waals surface area (Å²) in [5, 5.41) is 10.00.